The summed E-state index contributed by atoms with van der Waals surface area (Å²) in [5.41, 5.74) is -0.655. The van der Waals surface area contributed by atoms with Crippen LogP contribution in [0, 0.1) is 0 Å². The van der Waals surface area contributed by atoms with Gasteiger partial charge in [-0.1, -0.05) is 0 Å². The Bertz CT molecular complexity index is 252. The number of aliphatic carboxylic acids is 1. The summed E-state index contributed by atoms with van der Waals surface area (Å²) in [6.07, 6.45) is -0.576. The van der Waals surface area contributed by atoms with Crippen molar-refractivity contribution in [1.82, 2.24) is 10.2 Å². The zero-order chi connectivity index (χ0) is 12.8. The number of rotatable bonds is 5. The van der Waals surface area contributed by atoms with E-state index in [4.69, 9.17) is 21.6 Å². The number of hydrogen-bond acceptors (Lipinski definition) is 4. The van der Waals surface area contributed by atoms with Crippen LogP contribution in [-0.2, 0) is 9.53 Å². The zero-order valence-corrected chi connectivity index (χ0v) is 10.3. The van der Waals surface area contributed by atoms with Crippen LogP contribution in [0.4, 0.5) is 4.79 Å². The van der Waals surface area contributed by atoms with Gasteiger partial charge in [-0.2, -0.15) is 0 Å². The summed E-state index contributed by atoms with van der Waals surface area (Å²) < 4.78 is 4.93. The van der Waals surface area contributed by atoms with Crippen LogP contribution in [0.3, 0.4) is 0 Å². The molecule has 0 aromatic heterocycles. The van der Waals surface area contributed by atoms with Crippen LogP contribution in [-0.4, -0.2) is 35.4 Å². The van der Waals surface area contributed by atoms with E-state index in [0.717, 1.165) is 0 Å². The average Bonchev–Trinajstić information content (AvgIpc) is 2.08. The average molecular weight is 253 g/mol. The first-order valence-electron chi connectivity index (χ1n) is 4.82. The molecule has 1 amide bonds. The summed E-state index contributed by atoms with van der Waals surface area (Å²) in [6.45, 7) is 5.36. The van der Waals surface area contributed by atoms with E-state index in [1.807, 2.05) is 0 Å². The Morgan fingerprint density at radius 3 is 2.38 bits per heavy atom. The minimum atomic E-state index is -1.13. The molecule has 0 aliphatic heterocycles. The Hall–Kier alpha value is -1.01. The number of alkyl carbamates (subject to hydrolysis) is 1. The van der Waals surface area contributed by atoms with Crippen molar-refractivity contribution in [2.24, 2.45) is 0 Å². The topological polar surface area (TPSA) is 87.7 Å². The molecule has 16 heavy (non-hydrogen) atoms. The molecular weight excluding hydrogens is 236 g/mol. The largest absolute Gasteiger partial charge is 0.480 e. The van der Waals surface area contributed by atoms with Gasteiger partial charge in [0.05, 0.1) is 0 Å². The number of halogens is 1. The van der Waals surface area contributed by atoms with Crippen LogP contribution in [0.5, 0.6) is 0 Å². The number of hydrogen-bond donors (Lipinski definition) is 3. The van der Waals surface area contributed by atoms with Gasteiger partial charge in [0, 0.05) is 6.54 Å². The summed E-state index contributed by atoms with van der Waals surface area (Å²) in [6, 6.07) is -1.01. The van der Waals surface area contributed by atoms with E-state index in [9.17, 15) is 9.59 Å². The zero-order valence-electron chi connectivity index (χ0n) is 9.54. The maximum atomic E-state index is 11.3. The van der Waals surface area contributed by atoms with Crippen molar-refractivity contribution in [1.29, 1.82) is 0 Å². The molecule has 1 atom stereocenters. The summed E-state index contributed by atoms with van der Waals surface area (Å²) >= 11 is 5.21. The first-order chi connectivity index (χ1) is 7.26. The molecule has 7 heteroatoms. The summed E-state index contributed by atoms with van der Waals surface area (Å²) in [5.74, 6) is -1.13. The molecule has 0 aliphatic rings. The molecule has 0 unspecified atom stereocenters. The Kier molecular flexibility index (Phi) is 6.13. The molecule has 0 bridgehead atoms. The number of carboxylic acid groups (broad SMARTS) is 1. The highest BCUT2D eigenvalue weighted by Gasteiger charge is 2.23. The Morgan fingerprint density at radius 2 is 2.00 bits per heavy atom. The van der Waals surface area contributed by atoms with Crippen molar-refractivity contribution in [3.8, 4) is 0 Å². The molecule has 0 rings (SSSR count). The van der Waals surface area contributed by atoms with E-state index in [-0.39, 0.29) is 13.0 Å². The van der Waals surface area contributed by atoms with Crippen LogP contribution in [0.1, 0.15) is 27.2 Å². The predicted octanol–water partition coefficient (Wildman–Crippen LogP) is 1.10. The lowest BCUT2D eigenvalue weighted by Crippen LogP contribution is -2.44. The van der Waals surface area contributed by atoms with Crippen molar-refractivity contribution < 1.29 is 19.4 Å². The first-order valence-corrected chi connectivity index (χ1v) is 5.20. The van der Waals surface area contributed by atoms with Gasteiger partial charge in [-0.15, -0.1) is 0 Å². The maximum Gasteiger partial charge on any atom is 0.408 e. The lowest BCUT2D eigenvalue weighted by atomic mass is 10.2. The van der Waals surface area contributed by atoms with Crippen LogP contribution < -0.4 is 10.2 Å². The standard InChI is InChI=1S/C9H17ClN2O4/c1-9(2,3)16-8(15)12-6(7(13)14)4-5-11-10/h6,11H,4-5H2,1-3H3,(H,12,15)(H,13,14)/t6-/m0/s1. The number of carbonyl (C=O) groups excluding carboxylic acids is 1. The predicted molar refractivity (Wildman–Crippen MR) is 59.3 cm³/mol. The van der Waals surface area contributed by atoms with Gasteiger partial charge in [-0.25, -0.2) is 14.4 Å². The van der Waals surface area contributed by atoms with E-state index in [0.29, 0.717) is 0 Å². The van der Waals surface area contributed by atoms with Crippen LogP contribution in [0.2, 0.25) is 0 Å². The monoisotopic (exact) mass is 252 g/mol. The van der Waals surface area contributed by atoms with E-state index in [1.54, 1.807) is 20.8 Å². The first kappa shape index (κ1) is 15.0. The third-order valence-corrected chi connectivity index (χ3v) is 1.71. The Labute approximate surface area is 99.4 Å². The van der Waals surface area contributed by atoms with Crippen LogP contribution >= 0.6 is 11.8 Å². The normalized spacial score (nSPS) is 13.0. The number of nitrogens with one attached hydrogen (secondary N) is 2. The van der Waals surface area contributed by atoms with E-state index >= 15 is 0 Å². The Balaban J connectivity index is 4.19. The van der Waals surface area contributed by atoms with Crippen molar-refractivity contribution >= 4 is 23.8 Å². The van der Waals surface area contributed by atoms with Gasteiger partial charge in [-0.3, -0.25) is 0 Å². The lowest BCUT2D eigenvalue weighted by molar-refractivity contribution is -0.139. The molecule has 0 aromatic rings. The van der Waals surface area contributed by atoms with Crippen LogP contribution in [0.25, 0.3) is 0 Å². The highest BCUT2D eigenvalue weighted by molar-refractivity contribution is 6.13. The molecule has 0 fully saturated rings. The molecule has 0 heterocycles. The minimum absolute atomic E-state index is 0.179. The van der Waals surface area contributed by atoms with E-state index in [2.05, 4.69) is 10.2 Å². The quantitative estimate of drug-likeness (QED) is 0.638. The fraction of sp³-hybridized carbons (Fsp3) is 0.778. The fourth-order valence-corrected chi connectivity index (χ4v) is 1.02. The molecule has 0 spiro atoms. The van der Waals surface area contributed by atoms with Gasteiger partial charge >= 0.3 is 12.1 Å². The number of ether oxygens (including phenoxy) is 1. The molecule has 0 saturated carbocycles. The second kappa shape index (κ2) is 6.55. The maximum absolute atomic E-state index is 11.3. The summed E-state index contributed by atoms with van der Waals surface area (Å²) in [7, 11) is 0. The highest BCUT2D eigenvalue weighted by atomic mass is 35.5. The number of amides is 1. The van der Waals surface area contributed by atoms with Gasteiger partial charge in [0.2, 0.25) is 0 Å². The highest BCUT2D eigenvalue weighted by Crippen LogP contribution is 2.07. The summed E-state index contributed by atoms with van der Waals surface area (Å²) in [5, 5.41) is 11.1. The van der Waals surface area contributed by atoms with Crippen molar-refractivity contribution in [2.45, 2.75) is 38.8 Å². The van der Waals surface area contributed by atoms with Crippen molar-refractivity contribution in [2.75, 3.05) is 6.54 Å². The molecule has 94 valence electrons. The second-order valence-electron chi connectivity index (χ2n) is 4.21. The minimum Gasteiger partial charge on any atom is -0.480 e. The van der Waals surface area contributed by atoms with Gasteiger partial charge in [0.25, 0.3) is 0 Å². The molecule has 6 nitrogen and oxygen atoms in total. The summed E-state index contributed by atoms with van der Waals surface area (Å²) in [4.78, 5) is 24.3. The number of carboxylic acids is 1. The van der Waals surface area contributed by atoms with Gasteiger partial charge in [0.1, 0.15) is 11.6 Å². The van der Waals surface area contributed by atoms with Gasteiger partial charge < -0.3 is 15.2 Å². The van der Waals surface area contributed by atoms with Gasteiger partial charge in [0.15, 0.2) is 0 Å². The third-order valence-electron chi connectivity index (χ3n) is 1.52. The van der Waals surface area contributed by atoms with Gasteiger partial charge in [-0.05, 0) is 39.0 Å². The van der Waals surface area contributed by atoms with Crippen molar-refractivity contribution in [3.63, 3.8) is 0 Å². The Morgan fingerprint density at radius 1 is 1.44 bits per heavy atom. The SMILES string of the molecule is CC(C)(C)OC(=O)N[C@@H](CCNCl)C(=O)O. The van der Waals surface area contributed by atoms with Crippen molar-refractivity contribution in [3.05, 3.63) is 0 Å². The molecule has 0 radical (unpaired) electrons. The molecule has 3 N–H and O–H groups in total. The molecule has 0 saturated heterocycles. The molecule has 0 aromatic carbocycles. The molecular formula is C9H17ClN2O4. The smallest absolute Gasteiger partial charge is 0.408 e. The fourth-order valence-electron chi connectivity index (χ4n) is 0.906. The van der Waals surface area contributed by atoms with E-state index in [1.165, 1.54) is 0 Å². The third kappa shape index (κ3) is 7.30. The molecule has 0 aliphatic carbocycles. The second-order valence-corrected chi connectivity index (χ2v) is 4.48. The van der Waals surface area contributed by atoms with Crippen LogP contribution in [0.15, 0.2) is 0 Å². The lowest BCUT2D eigenvalue weighted by Gasteiger charge is -2.21. The number of carbonyl (C=O) groups is 2. The van der Waals surface area contributed by atoms with E-state index < -0.39 is 23.7 Å².